The van der Waals surface area contributed by atoms with Gasteiger partial charge in [0.25, 0.3) is 5.91 Å². The van der Waals surface area contributed by atoms with Crippen molar-refractivity contribution in [3.8, 4) is 0 Å². The molecule has 6 atom stereocenters. The third kappa shape index (κ3) is 9.37. The van der Waals surface area contributed by atoms with Gasteiger partial charge in [0, 0.05) is 35.7 Å². The van der Waals surface area contributed by atoms with Gasteiger partial charge in [-0.25, -0.2) is 4.79 Å². The molecule has 2 saturated heterocycles. The maximum absolute atomic E-state index is 13.9. The fourth-order valence-corrected chi connectivity index (χ4v) is 7.31. The van der Waals surface area contributed by atoms with Crippen molar-refractivity contribution in [1.29, 1.82) is 0 Å². The van der Waals surface area contributed by atoms with Crippen LogP contribution < -0.4 is 21.3 Å². The minimum Gasteiger partial charge on any atom is -0.346 e. The molecule has 232 valence electrons. The molecule has 2 aliphatic heterocycles. The van der Waals surface area contributed by atoms with Crippen molar-refractivity contribution in [2.24, 2.45) is 11.3 Å². The van der Waals surface area contributed by atoms with Gasteiger partial charge in [-0.3, -0.25) is 23.4 Å². The molecule has 0 saturated carbocycles. The van der Waals surface area contributed by atoms with Gasteiger partial charge in [-0.15, -0.1) is 6.58 Å². The van der Waals surface area contributed by atoms with Crippen molar-refractivity contribution in [2.45, 2.75) is 109 Å². The van der Waals surface area contributed by atoms with Gasteiger partial charge in [0.05, 0.1) is 11.3 Å². The summed E-state index contributed by atoms with van der Waals surface area (Å²) in [6, 6.07) is -3.58. The number of Topliss-reactive ketones (excluding diaryl/α,β-unsaturated/α-hetero) is 1. The van der Waals surface area contributed by atoms with Crippen molar-refractivity contribution >= 4 is 40.3 Å². The highest BCUT2D eigenvalue weighted by atomic mass is 32.2. The van der Waals surface area contributed by atoms with Crippen LogP contribution in [0.5, 0.6) is 0 Å². The highest BCUT2D eigenvalue weighted by Gasteiger charge is 2.43. The molecule has 0 aromatic carbocycles. The predicted molar refractivity (Wildman–Crippen MR) is 159 cm³/mol. The first kappa shape index (κ1) is 34.4. The second-order valence-electron chi connectivity index (χ2n) is 12.4. The largest absolute Gasteiger partial charge is 0.346 e. The van der Waals surface area contributed by atoms with E-state index in [2.05, 4.69) is 27.8 Å². The summed E-state index contributed by atoms with van der Waals surface area (Å²) in [4.78, 5) is 66.8. The standard InChI is InChI=1S/C29H49N5O6S/c1-8-12-19(23(35)26(37)30-15-9-2)31-25(36)20-13-10-16-34(20)27(38)24(29(5,6)7)33-28(39)32-22(18(3)4)21-14-11-17-41(21)40/h9,18-22,24H,2,8,10-17H2,1,3-7H3,(H,30,37)(H,31,36)(H2,32,33,39). The molecule has 5 amide bonds. The number of amides is 5. The van der Waals surface area contributed by atoms with Crippen molar-refractivity contribution in [3.05, 3.63) is 12.7 Å². The minimum atomic E-state index is -1.01. The fraction of sp³-hybridized carbons (Fsp3) is 0.759. The molecular weight excluding hydrogens is 546 g/mol. The Morgan fingerprint density at radius 2 is 1.73 bits per heavy atom. The SMILES string of the molecule is C=CCNC(=O)C(=O)C(CCC)NC(=O)C1CCCN1C(=O)C(NC(=O)NC(C(C)C)C1CCCS1=O)C(C)(C)C. The van der Waals surface area contributed by atoms with E-state index in [0.29, 0.717) is 31.6 Å². The van der Waals surface area contributed by atoms with E-state index in [4.69, 9.17) is 0 Å². The molecule has 12 heteroatoms. The number of likely N-dealkylation sites (tertiary alicyclic amines) is 1. The molecule has 0 spiro atoms. The first-order valence-corrected chi connectivity index (χ1v) is 16.1. The fourth-order valence-electron chi connectivity index (χ4n) is 5.42. The molecule has 2 rings (SSSR count). The van der Waals surface area contributed by atoms with Gasteiger partial charge in [-0.05, 0) is 43.4 Å². The summed E-state index contributed by atoms with van der Waals surface area (Å²) in [5, 5.41) is 10.8. The van der Waals surface area contributed by atoms with Gasteiger partial charge < -0.3 is 26.2 Å². The van der Waals surface area contributed by atoms with E-state index in [1.807, 2.05) is 41.5 Å². The molecule has 2 fully saturated rings. The minimum absolute atomic E-state index is 0.0564. The Morgan fingerprint density at radius 3 is 2.27 bits per heavy atom. The summed E-state index contributed by atoms with van der Waals surface area (Å²) in [5.74, 6) is -1.75. The molecule has 11 nitrogen and oxygen atoms in total. The molecule has 0 aliphatic carbocycles. The number of carbonyl (C=O) groups excluding carboxylic acids is 5. The first-order chi connectivity index (χ1) is 19.2. The van der Waals surface area contributed by atoms with Gasteiger partial charge in [-0.2, -0.15) is 0 Å². The van der Waals surface area contributed by atoms with Crippen LogP contribution in [0.2, 0.25) is 0 Å². The monoisotopic (exact) mass is 595 g/mol. The van der Waals surface area contributed by atoms with E-state index in [1.165, 1.54) is 11.0 Å². The van der Waals surface area contributed by atoms with Gasteiger partial charge >= 0.3 is 6.03 Å². The number of rotatable bonds is 13. The van der Waals surface area contributed by atoms with E-state index >= 15 is 0 Å². The molecular formula is C29H49N5O6S. The van der Waals surface area contributed by atoms with E-state index in [0.717, 1.165) is 12.8 Å². The highest BCUT2D eigenvalue weighted by Crippen LogP contribution is 2.27. The number of hydrogen-bond acceptors (Lipinski definition) is 6. The zero-order valence-electron chi connectivity index (χ0n) is 25.4. The van der Waals surface area contributed by atoms with Crippen LogP contribution >= 0.6 is 0 Å². The average Bonchev–Trinajstić information content (AvgIpc) is 3.56. The zero-order chi connectivity index (χ0) is 30.9. The van der Waals surface area contributed by atoms with Crippen molar-refractivity contribution in [1.82, 2.24) is 26.2 Å². The number of ketones is 1. The number of nitrogens with zero attached hydrogens (tertiary/aromatic N) is 1. The number of nitrogens with one attached hydrogen (secondary N) is 4. The third-order valence-corrected chi connectivity index (χ3v) is 9.55. The number of hydrogen-bond donors (Lipinski definition) is 4. The predicted octanol–water partition coefficient (Wildman–Crippen LogP) is 1.78. The topological polar surface area (TPSA) is 154 Å². The summed E-state index contributed by atoms with van der Waals surface area (Å²) in [7, 11) is -1.01. The van der Waals surface area contributed by atoms with Crippen molar-refractivity contribution in [2.75, 3.05) is 18.8 Å². The van der Waals surface area contributed by atoms with Crippen LogP contribution in [-0.4, -0.2) is 86.9 Å². The highest BCUT2D eigenvalue weighted by molar-refractivity contribution is 7.86. The molecule has 0 aromatic rings. The zero-order valence-corrected chi connectivity index (χ0v) is 26.2. The van der Waals surface area contributed by atoms with Gasteiger partial charge in [0.1, 0.15) is 12.1 Å². The Hall–Kier alpha value is -2.76. The second kappa shape index (κ2) is 15.5. The third-order valence-electron chi connectivity index (χ3n) is 7.66. The van der Waals surface area contributed by atoms with Crippen LogP contribution in [0.3, 0.4) is 0 Å². The molecule has 2 heterocycles. The summed E-state index contributed by atoms with van der Waals surface area (Å²) >= 11 is 0. The summed E-state index contributed by atoms with van der Waals surface area (Å²) < 4.78 is 12.5. The normalized spacial score (nSPS) is 22.9. The number of urea groups is 1. The van der Waals surface area contributed by atoms with E-state index in [9.17, 15) is 28.2 Å². The molecule has 0 radical (unpaired) electrons. The number of carbonyl (C=O) groups is 5. The molecule has 2 aliphatic rings. The van der Waals surface area contributed by atoms with Gasteiger partial charge in [0.15, 0.2) is 0 Å². The van der Waals surface area contributed by atoms with Crippen LogP contribution in [-0.2, 0) is 30.0 Å². The maximum atomic E-state index is 13.9. The lowest BCUT2D eigenvalue weighted by molar-refractivity contribution is -0.143. The van der Waals surface area contributed by atoms with Crippen LogP contribution in [0.1, 0.15) is 80.1 Å². The van der Waals surface area contributed by atoms with Crippen LogP contribution in [0.25, 0.3) is 0 Å². The molecule has 0 bridgehead atoms. The van der Waals surface area contributed by atoms with Gasteiger partial charge in [-0.1, -0.05) is 54.0 Å². The molecule has 4 N–H and O–H groups in total. The lowest BCUT2D eigenvalue weighted by atomic mass is 9.85. The summed E-state index contributed by atoms with van der Waals surface area (Å²) in [6.07, 6.45) is 4.92. The van der Waals surface area contributed by atoms with Crippen LogP contribution in [0.15, 0.2) is 12.7 Å². The lowest BCUT2D eigenvalue weighted by Crippen LogP contribution is -2.61. The smallest absolute Gasteiger partial charge is 0.315 e. The molecule has 0 aromatic heterocycles. The van der Waals surface area contributed by atoms with E-state index in [1.54, 1.807) is 0 Å². The summed E-state index contributed by atoms with van der Waals surface area (Å²) in [5.41, 5.74) is -0.675. The molecule has 6 unspecified atom stereocenters. The van der Waals surface area contributed by atoms with Crippen LogP contribution in [0, 0.1) is 11.3 Å². The Labute approximate surface area is 246 Å². The van der Waals surface area contributed by atoms with Crippen molar-refractivity contribution < 1.29 is 28.2 Å². The Bertz CT molecular complexity index is 1010. The maximum Gasteiger partial charge on any atom is 0.315 e. The van der Waals surface area contributed by atoms with Crippen LogP contribution in [0.4, 0.5) is 4.79 Å². The Morgan fingerprint density at radius 1 is 1.05 bits per heavy atom. The Balaban J connectivity index is 2.16. The lowest BCUT2D eigenvalue weighted by Gasteiger charge is -2.36. The van der Waals surface area contributed by atoms with E-state index < -0.39 is 63.9 Å². The Kier molecular flexibility index (Phi) is 13.0. The molecule has 41 heavy (non-hydrogen) atoms. The summed E-state index contributed by atoms with van der Waals surface area (Å²) in [6.45, 7) is 15.3. The second-order valence-corrected chi connectivity index (χ2v) is 14.1. The van der Waals surface area contributed by atoms with Crippen molar-refractivity contribution in [3.63, 3.8) is 0 Å². The van der Waals surface area contributed by atoms with Gasteiger partial charge in [0.2, 0.25) is 17.6 Å². The van der Waals surface area contributed by atoms with E-state index in [-0.39, 0.29) is 30.2 Å². The quantitative estimate of drug-likeness (QED) is 0.188. The average molecular weight is 596 g/mol. The first-order valence-electron chi connectivity index (χ1n) is 14.7.